The largest absolute Gasteiger partial charge is 0.382 e. The average Bonchev–Trinajstić information content (AvgIpc) is 2.05. The Morgan fingerprint density at radius 3 is 3.00 bits per heavy atom. The number of hydrogen-bond acceptors (Lipinski definition) is 1. The number of anilines is 1. The van der Waals surface area contributed by atoms with Gasteiger partial charge in [-0.1, -0.05) is 18.2 Å². The Morgan fingerprint density at radius 2 is 2.33 bits per heavy atom. The first kappa shape index (κ1) is 9.58. The molecule has 0 saturated heterocycles. The molecule has 1 N–H and O–H groups in total. The van der Waals surface area contributed by atoms with E-state index in [1.54, 1.807) is 0 Å². The molecule has 0 radical (unpaired) electrons. The van der Waals surface area contributed by atoms with E-state index in [2.05, 4.69) is 58.2 Å². The van der Waals surface area contributed by atoms with Gasteiger partial charge in [0.1, 0.15) is 0 Å². The molecule has 1 nitrogen and oxygen atoms in total. The molecular formula is C10H12IN. The predicted octanol–water partition coefficient (Wildman–Crippen LogP) is 3.28. The van der Waals surface area contributed by atoms with E-state index < -0.39 is 0 Å². The maximum absolute atomic E-state index is 3.29. The normalized spacial score (nSPS) is 10.5. The molecule has 0 spiro atoms. The second kappa shape index (κ2) is 5.19. The summed E-state index contributed by atoms with van der Waals surface area (Å²) in [6, 6.07) is 8.34. The van der Waals surface area contributed by atoms with Gasteiger partial charge in [-0.05, 0) is 47.7 Å². The summed E-state index contributed by atoms with van der Waals surface area (Å²) in [5.74, 6) is 0. The first-order chi connectivity index (χ1) is 5.83. The van der Waals surface area contributed by atoms with E-state index in [-0.39, 0.29) is 0 Å². The van der Waals surface area contributed by atoms with Crippen molar-refractivity contribution in [2.45, 2.75) is 6.92 Å². The lowest BCUT2D eigenvalue weighted by molar-refractivity contribution is 1.32. The molecule has 0 aliphatic carbocycles. The molecule has 0 heterocycles. The van der Waals surface area contributed by atoms with Gasteiger partial charge in [-0.25, -0.2) is 0 Å². The van der Waals surface area contributed by atoms with Crippen LogP contribution in [0, 0.1) is 3.57 Å². The Morgan fingerprint density at radius 1 is 1.50 bits per heavy atom. The van der Waals surface area contributed by atoms with Crippen LogP contribution in [0.25, 0.3) is 0 Å². The van der Waals surface area contributed by atoms with E-state index in [9.17, 15) is 0 Å². The molecule has 0 saturated carbocycles. The second-order valence-corrected chi connectivity index (χ2v) is 3.71. The van der Waals surface area contributed by atoms with Gasteiger partial charge in [0, 0.05) is 15.8 Å². The van der Waals surface area contributed by atoms with Crippen LogP contribution in [0.1, 0.15) is 6.92 Å². The molecule has 0 aliphatic heterocycles. The summed E-state index contributed by atoms with van der Waals surface area (Å²) < 4.78 is 1.26. The summed E-state index contributed by atoms with van der Waals surface area (Å²) in [7, 11) is 0. The fraction of sp³-hybridized carbons (Fsp3) is 0.200. The van der Waals surface area contributed by atoms with Crippen molar-refractivity contribution in [2.24, 2.45) is 0 Å². The van der Waals surface area contributed by atoms with Gasteiger partial charge in [0.25, 0.3) is 0 Å². The van der Waals surface area contributed by atoms with Crippen LogP contribution in [0.15, 0.2) is 36.4 Å². The molecule has 0 unspecified atom stereocenters. The van der Waals surface area contributed by atoms with Gasteiger partial charge in [0.2, 0.25) is 0 Å². The van der Waals surface area contributed by atoms with Gasteiger partial charge in [0.15, 0.2) is 0 Å². The third-order valence-corrected chi connectivity index (χ3v) is 2.16. The Hall–Kier alpha value is -0.510. The Bertz CT molecular complexity index is 268. The standard InChI is InChI=1S/C10H12IN/c1-2-3-7-12-10-6-4-5-9(11)8-10/h2-6,8,12H,7H2,1H3. The van der Waals surface area contributed by atoms with Crippen LogP contribution in [-0.4, -0.2) is 6.54 Å². The van der Waals surface area contributed by atoms with E-state index in [1.165, 1.54) is 9.26 Å². The molecule has 0 aliphatic rings. The Balaban J connectivity index is 2.52. The molecule has 1 aromatic carbocycles. The number of allylic oxidation sites excluding steroid dienone is 1. The van der Waals surface area contributed by atoms with E-state index >= 15 is 0 Å². The van der Waals surface area contributed by atoms with Crippen LogP contribution in [0.4, 0.5) is 5.69 Å². The Labute approximate surface area is 87.0 Å². The third-order valence-electron chi connectivity index (χ3n) is 1.48. The molecule has 0 atom stereocenters. The molecule has 12 heavy (non-hydrogen) atoms. The fourth-order valence-electron chi connectivity index (χ4n) is 0.893. The van der Waals surface area contributed by atoms with Crippen molar-refractivity contribution in [2.75, 3.05) is 11.9 Å². The van der Waals surface area contributed by atoms with Crippen molar-refractivity contribution in [3.63, 3.8) is 0 Å². The lowest BCUT2D eigenvalue weighted by Crippen LogP contribution is -1.97. The van der Waals surface area contributed by atoms with Crippen LogP contribution in [0.2, 0.25) is 0 Å². The van der Waals surface area contributed by atoms with Crippen LogP contribution in [0.5, 0.6) is 0 Å². The third kappa shape index (κ3) is 3.26. The van der Waals surface area contributed by atoms with Crippen LogP contribution < -0.4 is 5.32 Å². The van der Waals surface area contributed by atoms with Crippen LogP contribution in [-0.2, 0) is 0 Å². The molecular weight excluding hydrogens is 261 g/mol. The molecule has 1 aromatic rings. The van der Waals surface area contributed by atoms with E-state index in [1.807, 2.05) is 13.0 Å². The van der Waals surface area contributed by atoms with Gasteiger partial charge in [-0.2, -0.15) is 0 Å². The first-order valence-electron chi connectivity index (χ1n) is 3.93. The molecule has 0 amide bonds. The lowest BCUT2D eigenvalue weighted by Gasteiger charge is -2.02. The van der Waals surface area contributed by atoms with Crippen molar-refractivity contribution in [1.29, 1.82) is 0 Å². The molecule has 0 bridgehead atoms. The first-order valence-corrected chi connectivity index (χ1v) is 5.01. The monoisotopic (exact) mass is 273 g/mol. The highest BCUT2D eigenvalue weighted by Gasteiger charge is 1.89. The average molecular weight is 273 g/mol. The van der Waals surface area contributed by atoms with Crippen molar-refractivity contribution in [1.82, 2.24) is 0 Å². The predicted molar refractivity (Wildman–Crippen MR) is 62.5 cm³/mol. The van der Waals surface area contributed by atoms with Crippen molar-refractivity contribution in [3.8, 4) is 0 Å². The van der Waals surface area contributed by atoms with Crippen LogP contribution in [0.3, 0.4) is 0 Å². The zero-order valence-corrected chi connectivity index (χ0v) is 9.21. The Kier molecular flexibility index (Phi) is 4.14. The summed E-state index contributed by atoms with van der Waals surface area (Å²) in [6.07, 6.45) is 4.14. The quantitative estimate of drug-likeness (QED) is 0.658. The van der Waals surface area contributed by atoms with Crippen molar-refractivity contribution in [3.05, 3.63) is 40.0 Å². The topological polar surface area (TPSA) is 12.0 Å². The fourth-order valence-corrected chi connectivity index (χ4v) is 1.44. The smallest absolute Gasteiger partial charge is 0.0353 e. The molecule has 64 valence electrons. The summed E-state index contributed by atoms with van der Waals surface area (Å²) in [5.41, 5.74) is 1.18. The van der Waals surface area contributed by atoms with Gasteiger partial charge >= 0.3 is 0 Å². The SMILES string of the molecule is CC=CCNc1cccc(I)c1. The zero-order valence-electron chi connectivity index (χ0n) is 7.05. The van der Waals surface area contributed by atoms with E-state index in [4.69, 9.17) is 0 Å². The summed E-state index contributed by atoms with van der Waals surface area (Å²) >= 11 is 2.31. The molecule has 1 rings (SSSR count). The zero-order chi connectivity index (χ0) is 8.81. The minimum Gasteiger partial charge on any atom is -0.382 e. The second-order valence-electron chi connectivity index (χ2n) is 2.46. The van der Waals surface area contributed by atoms with E-state index in [0.717, 1.165) is 6.54 Å². The molecule has 0 aromatic heterocycles. The number of hydrogen-bond donors (Lipinski definition) is 1. The van der Waals surface area contributed by atoms with Crippen LogP contribution >= 0.6 is 22.6 Å². The highest BCUT2D eigenvalue weighted by atomic mass is 127. The molecule has 0 fully saturated rings. The number of halogens is 1. The minimum absolute atomic E-state index is 0.899. The van der Waals surface area contributed by atoms with Gasteiger partial charge in [-0.15, -0.1) is 0 Å². The van der Waals surface area contributed by atoms with Gasteiger partial charge < -0.3 is 5.32 Å². The lowest BCUT2D eigenvalue weighted by atomic mass is 10.3. The molecule has 2 heteroatoms. The maximum Gasteiger partial charge on any atom is 0.0353 e. The number of nitrogens with one attached hydrogen (secondary N) is 1. The summed E-state index contributed by atoms with van der Waals surface area (Å²) in [6.45, 7) is 2.92. The van der Waals surface area contributed by atoms with Gasteiger partial charge in [0.05, 0.1) is 0 Å². The van der Waals surface area contributed by atoms with E-state index in [0.29, 0.717) is 0 Å². The van der Waals surface area contributed by atoms with Gasteiger partial charge in [-0.3, -0.25) is 0 Å². The summed E-state index contributed by atoms with van der Waals surface area (Å²) in [5, 5.41) is 3.29. The highest BCUT2D eigenvalue weighted by molar-refractivity contribution is 14.1. The number of rotatable bonds is 3. The minimum atomic E-state index is 0.899. The van der Waals surface area contributed by atoms with Crippen molar-refractivity contribution < 1.29 is 0 Å². The van der Waals surface area contributed by atoms with Crippen molar-refractivity contribution >= 4 is 28.3 Å². The maximum atomic E-state index is 3.29. The number of benzene rings is 1. The summed E-state index contributed by atoms with van der Waals surface area (Å²) in [4.78, 5) is 0. The highest BCUT2D eigenvalue weighted by Crippen LogP contribution is 2.11.